The van der Waals surface area contributed by atoms with Crippen LogP contribution in [0.1, 0.15) is 0 Å². The molecule has 0 unspecified atom stereocenters. The van der Waals surface area contributed by atoms with Gasteiger partial charge in [0.25, 0.3) is 0 Å². The maximum absolute atomic E-state index is 8.47. The summed E-state index contributed by atoms with van der Waals surface area (Å²) >= 11 is 0. The third-order valence-electron chi connectivity index (χ3n) is 0.375. The van der Waals surface area contributed by atoms with E-state index in [-0.39, 0.29) is 56.0 Å². The van der Waals surface area contributed by atoms with E-state index in [4.69, 9.17) is 49.7 Å². The molecule has 0 fully saturated rings. The minimum absolute atomic E-state index is 0. The molecular formula is C6H20CoN7O3-2. The largest absolute Gasteiger partial charge is 3.00 e. The van der Waals surface area contributed by atoms with Gasteiger partial charge in [-0.15, -0.1) is 0 Å². The summed E-state index contributed by atoms with van der Waals surface area (Å²) in [5.74, 6) is 0. The Morgan fingerprint density at radius 2 is 0.706 bits per heavy atom. The molecule has 0 aliphatic carbocycles. The predicted molar refractivity (Wildman–Crippen MR) is 62.3 cm³/mol. The molecule has 0 bridgehead atoms. The SMILES string of the molecule is O=[N+](O)O.[Co+3].[NH-]CC[NH-].[NH-]CC[NH-].[NH-]CC[NH-]. The van der Waals surface area contributed by atoms with Crippen LogP contribution in [-0.2, 0) is 16.8 Å². The fraction of sp³-hybridized carbons (Fsp3) is 1.00. The van der Waals surface area contributed by atoms with Crippen LogP contribution in [0.5, 0.6) is 0 Å². The van der Waals surface area contributed by atoms with E-state index in [0.29, 0.717) is 0 Å². The molecule has 0 amide bonds. The molecule has 108 valence electrons. The van der Waals surface area contributed by atoms with Gasteiger partial charge in [0.2, 0.25) is 0 Å². The fourth-order valence-corrected chi connectivity index (χ4v) is 0. The van der Waals surface area contributed by atoms with E-state index in [1.54, 1.807) is 0 Å². The third-order valence-corrected chi connectivity index (χ3v) is 0.375. The zero-order valence-electron chi connectivity index (χ0n) is 9.33. The Morgan fingerprint density at radius 1 is 0.647 bits per heavy atom. The van der Waals surface area contributed by atoms with Gasteiger partial charge in [-0.3, -0.25) is 0 Å². The Kier molecular flexibility index (Phi) is 79.6. The molecule has 0 radical (unpaired) electrons. The summed E-state index contributed by atoms with van der Waals surface area (Å²) in [4.78, 5) is 8.47. The molecule has 0 atom stereocenters. The Hall–Kier alpha value is -0.534. The zero-order chi connectivity index (χ0) is 13.8. The average molecular weight is 297 g/mol. The van der Waals surface area contributed by atoms with Gasteiger partial charge in [-0.25, -0.2) is 10.4 Å². The molecule has 10 nitrogen and oxygen atoms in total. The van der Waals surface area contributed by atoms with Crippen LogP contribution in [0.2, 0.25) is 0 Å². The molecule has 0 saturated carbocycles. The molecule has 11 heteroatoms. The Labute approximate surface area is 111 Å². The van der Waals surface area contributed by atoms with Gasteiger partial charge in [-0.05, 0) is 0 Å². The fourth-order valence-electron chi connectivity index (χ4n) is 0. The summed E-state index contributed by atoms with van der Waals surface area (Å²) < 4.78 is 0. The molecule has 8 N–H and O–H groups in total. The van der Waals surface area contributed by atoms with Crippen molar-refractivity contribution in [3.05, 3.63) is 39.3 Å². The van der Waals surface area contributed by atoms with Crippen molar-refractivity contribution >= 4 is 0 Å². The van der Waals surface area contributed by atoms with Gasteiger partial charge in [0.1, 0.15) is 4.91 Å². The summed E-state index contributed by atoms with van der Waals surface area (Å²) in [6.45, 7) is 1.42. The monoisotopic (exact) mass is 297 g/mol. The second-order valence-corrected chi connectivity index (χ2v) is 1.75. The molecule has 0 heterocycles. The number of nitrogens with one attached hydrogen (secondary N) is 6. The van der Waals surface area contributed by atoms with Crippen molar-refractivity contribution in [2.24, 2.45) is 0 Å². The van der Waals surface area contributed by atoms with Gasteiger partial charge in [0, 0.05) is 0 Å². The minimum Gasteiger partial charge on any atom is -0.679 e. The van der Waals surface area contributed by atoms with E-state index in [9.17, 15) is 0 Å². The Balaban J connectivity index is -0.0000000369. The molecule has 0 rings (SSSR count). The molecule has 0 saturated heterocycles. The third kappa shape index (κ3) is 461. The van der Waals surface area contributed by atoms with Crippen LogP contribution in [0.4, 0.5) is 0 Å². The summed E-state index contributed by atoms with van der Waals surface area (Å²) in [6.07, 6.45) is 0. The van der Waals surface area contributed by atoms with Crippen LogP contribution >= 0.6 is 0 Å². The van der Waals surface area contributed by atoms with E-state index in [2.05, 4.69) is 0 Å². The maximum Gasteiger partial charge on any atom is 3.00 e. The van der Waals surface area contributed by atoms with Gasteiger partial charge < -0.3 is 34.4 Å². The second-order valence-electron chi connectivity index (χ2n) is 1.75. The molecule has 0 spiro atoms. The van der Waals surface area contributed by atoms with Crippen molar-refractivity contribution in [3.63, 3.8) is 0 Å². The summed E-state index contributed by atoms with van der Waals surface area (Å²) in [5, 5.41) is 12.5. The molecular weight excluding hydrogens is 277 g/mol. The first kappa shape index (κ1) is 30.0. The normalized spacial score (nSPS) is 6.71. The van der Waals surface area contributed by atoms with Gasteiger partial charge in [0.15, 0.2) is 0 Å². The predicted octanol–water partition coefficient (Wildman–Crippen LogP) is 2.81. The molecule has 0 aliphatic rings. The maximum atomic E-state index is 8.47. The van der Waals surface area contributed by atoms with Crippen molar-refractivity contribution in [2.45, 2.75) is 0 Å². The van der Waals surface area contributed by atoms with E-state index >= 15 is 0 Å². The number of rotatable bonds is 3. The topological polar surface area (TPSA) is 203 Å². The molecule has 0 aromatic carbocycles. The van der Waals surface area contributed by atoms with Crippen molar-refractivity contribution < 1.29 is 32.3 Å². The standard InChI is InChI=1S/3C2H6N2.Co.H2NO3/c3*3-1-2-4;;2-1(3)4/h3*3-4H,1-2H2;;(H2,2,3,4)/q3*-2;+3;+1. The quantitative estimate of drug-likeness (QED) is 0.754. The summed E-state index contributed by atoms with van der Waals surface area (Å²) in [6, 6.07) is 0. The zero-order valence-corrected chi connectivity index (χ0v) is 10.4. The van der Waals surface area contributed by atoms with E-state index in [0.717, 1.165) is 0 Å². The molecule has 0 aliphatic heterocycles. The summed E-state index contributed by atoms with van der Waals surface area (Å²) in [5.41, 5.74) is 37.6. The first-order valence-corrected chi connectivity index (χ1v) is 4.20. The summed E-state index contributed by atoms with van der Waals surface area (Å²) in [7, 11) is 0. The molecule has 0 aromatic heterocycles. The molecule has 17 heavy (non-hydrogen) atoms. The van der Waals surface area contributed by atoms with Gasteiger partial charge in [-0.2, -0.15) is 39.3 Å². The first-order valence-electron chi connectivity index (χ1n) is 4.20. The minimum atomic E-state index is -1.25. The number of hydrogen-bond acceptors (Lipinski definition) is 1. The van der Waals surface area contributed by atoms with Crippen molar-refractivity contribution in [2.75, 3.05) is 39.3 Å². The first-order chi connectivity index (χ1) is 7.47. The van der Waals surface area contributed by atoms with E-state index in [1.165, 1.54) is 0 Å². The smallest absolute Gasteiger partial charge is 0.679 e. The van der Waals surface area contributed by atoms with Gasteiger partial charge >= 0.3 is 21.9 Å². The van der Waals surface area contributed by atoms with Crippen LogP contribution in [0, 0.1) is 4.91 Å². The van der Waals surface area contributed by atoms with Crippen LogP contribution < -0.4 is 0 Å². The van der Waals surface area contributed by atoms with Crippen LogP contribution in [0.15, 0.2) is 0 Å². The number of nitrogens with zero attached hydrogens (tertiary/aromatic N) is 1. The van der Waals surface area contributed by atoms with Gasteiger partial charge in [0.05, 0.1) is 0 Å². The van der Waals surface area contributed by atoms with Crippen molar-refractivity contribution in [1.82, 2.24) is 0 Å². The van der Waals surface area contributed by atoms with Crippen LogP contribution in [-0.4, -0.2) is 54.8 Å². The second kappa shape index (κ2) is 45.2. The Morgan fingerprint density at radius 3 is 0.706 bits per heavy atom. The number of hydrogen-bond donors (Lipinski definition) is 2. The van der Waals surface area contributed by atoms with Crippen LogP contribution in [0.25, 0.3) is 34.4 Å². The van der Waals surface area contributed by atoms with Crippen LogP contribution in [0.3, 0.4) is 0 Å². The molecule has 0 aromatic rings. The van der Waals surface area contributed by atoms with E-state index < -0.39 is 5.09 Å². The average Bonchev–Trinajstić information content (AvgIpc) is 2.28. The van der Waals surface area contributed by atoms with Gasteiger partial charge in [-0.1, -0.05) is 0 Å². The van der Waals surface area contributed by atoms with Crippen molar-refractivity contribution in [1.29, 1.82) is 0 Å². The van der Waals surface area contributed by atoms with Crippen molar-refractivity contribution in [3.8, 4) is 0 Å². The van der Waals surface area contributed by atoms with E-state index in [1.807, 2.05) is 0 Å². The Bertz CT molecular complexity index is 92.1.